The molecule has 2 aromatic heterocycles. The minimum atomic E-state index is -0.0860. The molecule has 164 valence electrons. The van der Waals surface area contributed by atoms with Crippen LogP contribution in [0.2, 0.25) is 0 Å². The molecular formula is C25H25N3O4. The molecule has 0 bridgehead atoms. The highest BCUT2D eigenvalue weighted by Gasteiger charge is 2.25. The third-order valence-corrected chi connectivity index (χ3v) is 5.69. The summed E-state index contributed by atoms with van der Waals surface area (Å²) in [5, 5.41) is 6.22. The van der Waals surface area contributed by atoms with E-state index in [0.717, 1.165) is 35.7 Å². The van der Waals surface area contributed by atoms with E-state index in [9.17, 15) is 4.79 Å². The highest BCUT2D eigenvalue weighted by Crippen LogP contribution is 2.22. The summed E-state index contributed by atoms with van der Waals surface area (Å²) >= 11 is 0. The maximum absolute atomic E-state index is 12.8. The number of aromatic nitrogens is 1. The minimum Gasteiger partial charge on any atom is -0.486 e. The van der Waals surface area contributed by atoms with Crippen LogP contribution in [0.1, 0.15) is 27.8 Å². The molecule has 0 radical (unpaired) electrons. The van der Waals surface area contributed by atoms with Gasteiger partial charge in [0.15, 0.2) is 11.5 Å². The summed E-state index contributed by atoms with van der Waals surface area (Å²) in [6.45, 7) is 5.75. The Labute approximate surface area is 186 Å². The maximum atomic E-state index is 12.8. The fourth-order valence-electron chi connectivity index (χ4n) is 3.96. The predicted octanol–water partition coefficient (Wildman–Crippen LogP) is 4.27. The van der Waals surface area contributed by atoms with Gasteiger partial charge in [-0.3, -0.25) is 9.69 Å². The predicted molar refractivity (Wildman–Crippen MR) is 119 cm³/mol. The quantitative estimate of drug-likeness (QED) is 0.454. The van der Waals surface area contributed by atoms with Crippen LogP contribution in [-0.4, -0.2) is 47.0 Å². The smallest absolute Gasteiger partial charge is 0.289 e. The zero-order valence-electron chi connectivity index (χ0n) is 18.0. The lowest BCUT2D eigenvalue weighted by molar-refractivity contribution is 0.0583. The molecule has 0 N–H and O–H groups in total. The Morgan fingerprint density at radius 2 is 1.78 bits per heavy atom. The number of piperazine rings is 1. The van der Waals surface area contributed by atoms with E-state index >= 15 is 0 Å². The second kappa shape index (κ2) is 8.88. The van der Waals surface area contributed by atoms with Crippen molar-refractivity contribution in [1.29, 1.82) is 0 Å². The summed E-state index contributed by atoms with van der Waals surface area (Å²) in [6, 6.07) is 19.6. The molecular weight excluding hydrogens is 406 g/mol. The number of rotatable bonds is 6. The van der Waals surface area contributed by atoms with Crippen LogP contribution in [0.4, 0.5) is 0 Å². The first kappa shape index (κ1) is 20.3. The molecule has 1 aliphatic rings. The lowest BCUT2D eigenvalue weighted by Crippen LogP contribution is -2.48. The second-order valence-corrected chi connectivity index (χ2v) is 8.07. The number of ether oxygens (including phenoxy) is 1. The zero-order valence-corrected chi connectivity index (χ0v) is 18.0. The number of carbonyl (C=O) groups excluding carboxylic acids is 1. The summed E-state index contributed by atoms with van der Waals surface area (Å²) in [7, 11) is 0. The molecule has 0 aliphatic carbocycles. The van der Waals surface area contributed by atoms with Crippen LogP contribution < -0.4 is 4.74 Å². The monoisotopic (exact) mass is 431 g/mol. The summed E-state index contributed by atoms with van der Waals surface area (Å²) in [4.78, 5) is 16.9. The van der Waals surface area contributed by atoms with Crippen molar-refractivity contribution in [2.75, 3.05) is 26.2 Å². The Morgan fingerprint density at radius 3 is 2.56 bits per heavy atom. The molecule has 5 rings (SSSR count). The zero-order chi connectivity index (χ0) is 21.9. The number of fused-ring (bicyclic) bond motifs is 1. The molecule has 0 atom stereocenters. The van der Waals surface area contributed by atoms with Crippen molar-refractivity contribution in [3.8, 4) is 5.75 Å². The summed E-state index contributed by atoms with van der Waals surface area (Å²) in [6.07, 6.45) is 0. The first-order chi connectivity index (χ1) is 15.6. The number of hydrogen-bond acceptors (Lipinski definition) is 6. The highest BCUT2D eigenvalue weighted by molar-refractivity contribution is 5.91. The largest absolute Gasteiger partial charge is 0.486 e. The lowest BCUT2D eigenvalue weighted by atomic mass is 10.1. The van der Waals surface area contributed by atoms with Crippen molar-refractivity contribution in [2.45, 2.75) is 20.1 Å². The van der Waals surface area contributed by atoms with Crippen LogP contribution in [0.5, 0.6) is 5.75 Å². The second-order valence-electron chi connectivity index (χ2n) is 8.07. The van der Waals surface area contributed by atoms with E-state index in [1.54, 1.807) is 12.1 Å². The van der Waals surface area contributed by atoms with Gasteiger partial charge in [-0.2, -0.15) is 0 Å². The van der Waals surface area contributed by atoms with Crippen molar-refractivity contribution in [3.05, 3.63) is 83.6 Å². The van der Waals surface area contributed by atoms with Crippen molar-refractivity contribution in [3.63, 3.8) is 0 Å². The van der Waals surface area contributed by atoms with Crippen LogP contribution in [0.15, 0.2) is 69.6 Å². The minimum absolute atomic E-state index is 0.0860. The average molecular weight is 431 g/mol. The fourth-order valence-corrected chi connectivity index (χ4v) is 3.96. The van der Waals surface area contributed by atoms with Gasteiger partial charge < -0.3 is 18.6 Å². The van der Waals surface area contributed by atoms with Gasteiger partial charge in [-0.05, 0) is 42.0 Å². The number of furan rings is 1. The van der Waals surface area contributed by atoms with Crippen molar-refractivity contribution in [1.82, 2.24) is 15.0 Å². The number of aryl methyl sites for hydroxylation is 1. The third-order valence-electron chi connectivity index (χ3n) is 5.69. The van der Waals surface area contributed by atoms with Crippen molar-refractivity contribution < 1.29 is 18.5 Å². The van der Waals surface area contributed by atoms with Gasteiger partial charge in [0.05, 0.1) is 12.2 Å². The van der Waals surface area contributed by atoms with Crippen LogP contribution in [0.25, 0.3) is 10.8 Å². The maximum Gasteiger partial charge on any atom is 0.289 e. The van der Waals surface area contributed by atoms with E-state index in [-0.39, 0.29) is 12.5 Å². The van der Waals surface area contributed by atoms with Gasteiger partial charge in [-0.1, -0.05) is 35.5 Å². The number of hydrogen-bond donors (Lipinski definition) is 0. The van der Waals surface area contributed by atoms with E-state index in [1.807, 2.05) is 48.2 Å². The van der Waals surface area contributed by atoms with E-state index in [2.05, 4.69) is 22.2 Å². The molecule has 2 aromatic carbocycles. The van der Waals surface area contributed by atoms with Crippen molar-refractivity contribution >= 4 is 16.7 Å². The van der Waals surface area contributed by atoms with E-state index in [0.29, 0.717) is 31.2 Å². The summed E-state index contributed by atoms with van der Waals surface area (Å²) < 4.78 is 16.9. The van der Waals surface area contributed by atoms with Crippen molar-refractivity contribution in [2.24, 2.45) is 0 Å². The molecule has 3 heterocycles. The first-order valence-electron chi connectivity index (χ1n) is 10.8. The van der Waals surface area contributed by atoms with Gasteiger partial charge >= 0.3 is 0 Å². The van der Waals surface area contributed by atoms with Crippen LogP contribution in [0, 0.1) is 6.92 Å². The number of amides is 1. The molecule has 1 aliphatic heterocycles. The van der Waals surface area contributed by atoms with Gasteiger partial charge in [0.25, 0.3) is 5.91 Å². The first-order valence-corrected chi connectivity index (χ1v) is 10.8. The Kier molecular flexibility index (Phi) is 5.64. The van der Waals surface area contributed by atoms with E-state index < -0.39 is 0 Å². The molecule has 0 saturated carbocycles. The van der Waals surface area contributed by atoms with E-state index in [4.69, 9.17) is 13.7 Å². The Hall–Kier alpha value is -3.58. The van der Waals surface area contributed by atoms with Gasteiger partial charge in [-0.25, -0.2) is 0 Å². The fraction of sp³-hybridized carbons (Fsp3) is 0.280. The SMILES string of the molecule is Cc1cc(CN2CCN(C(=O)c3ccc(COc4ccc5ccccc5c4)o3)CC2)on1. The molecule has 4 aromatic rings. The molecule has 7 nitrogen and oxygen atoms in total. The number of carbonyl (C=O) groups is 1. The number of nitrogens with zero attached hydrogens (tertiary/aromatic N) is 3. The average Bonchev–Trinajstić information content (AvgIpc) is 3.46. The van der Waals surface area contributed by atoms with Crippen LogP contribution in [-0.2, 0) is 13.2 Å². The van der Waals surface area contributed by atoms with Gasteiger partial charge in [0.1, 0.15) is 18.1 Å². The van der Waals surface area contributed by atoms with Gasteiger partial charge in [-0.15, -0.1) is 0 Å². The van der Waals surface area contributed by atoms with Crippen LogP contribution >= 0.6 is 0 Å². The van der Waals surface area contributed by atoms with E-state index in [1.165, 1.54) is 5.39 Å². The molecule has 7 heteroatoms. The van der Waals surface area contributed by atoms with Crippen LogP contribution in [0.3, 0.4) is 0 Å². The topological polar surface area (TPSA) is 72.0 Å². The Balaban J connectivity index is 1.14. The van der Waals surface area contributed by atoms with Gasteiger partial charge in [0, 0.05) is 32.2 Å². The molecule has 0 spiro atoms. The molecule has 1 fully saturated rings. The third kappa shape index (κ3) is 4.53. The molecule has 1 saturated heterocycles. The normalized spacial score (nSPS) is 14.7. The molecule has 0 unspecified atom stereocenters. The molecule has 32 heavy (non-hydrogen) atoms. The Bertz CT molecular complexity index is 1220. The lowest BCUT2D eigenvalue weighted by Gasteiger charge is -2.33. The van der Waals surface area contributed by atoms with Gasteiger partial charge in [0.2, 0.25) is 0 Å². The number of benzene rings is 2. The standard InChI is InChI=1S/C25H25N3O4/c1-18-14-23(32-26-18)16-27-10-12-28(13-11-27)25(29)24-9-8-22(31-24)17-30-21-7-6-19-4-2-3-5-20(19)15-21/h2-9,14-15H,10-13,16-17H2,1H3. The highest BCUT2D eigenvalue weighted by atomic mass is 16.5. The Morgan fingerprint density at radius 1 is 0.969 bits per heavy atom. The summed E-state index contributed by atoms with van der Waals surface area (Å²) in [5.41, 5.74) is 0.882. The molecule has 1 amide bonds. The summed E-state index contributed by atoms with van der Waals surface area (Å²) in [5.74, 6) is 2.51.